The van der Waals surface area contributed by atoms with Gasteiger partial charge in [0.1, 0.15) is 0 Å². The lowest BCUT2D eigenvalue weighted by Gasteiger charge is -2.23. The first-order valence-corrected chi connectivity index (χ1v) is 11.7. The van der Waals surface area contributed by atoms with Crippen molar-refractivity contribution in [1.82, 2.24) is 0 Å². The summed E-state index contributed by atoms with van der Waals surface area (Å²) in [6.45, 7) is 0. The Hall–Kier alpha value is -2.38. The zero-order valence-corrected chi connectivity index (χ0v) is 18.3. The molecule has 2 aliphatic heterocycles. The predicted molar refractivity (Wildman–Crippen MR) is 135 cm³/mol. The van der Waals surface area contributed by atoms with Crippen LogP contribution in [0.2, 0.25) is 0 Å². The van der Waals surface area contributed by atoms with Crippen LogP contribution >= 0.6 is 48.0 Å². The van der Waals surface area contributed by atoms with Gasteiger partial charge in [-0.3, -0.25) is 9.59 Å². The van der Waals surface area contributed by atoms with Crippen molar-refractivity contribution < 1.29 is 9.59 Å². The fourth-order valence-corrected chi connectivity index (χ4v) is 7.21. The smallest absolute Gasteiger partial charge is 0.225 e. The third kappa shape index (κ3) is 1.93. The summed E-state index contributed by atoms with van der Waals surface area (Å²) in [6, 6.07) is 16.1. The minimum absolute atomic E-state index is 0.000198. The number of fused-ring (bicyclic) bond motifs is 2. The Morgan fingerprint density at radius 1 is 0.467 bits per heavy atom. The van der Waals surface area contributed by atoms with Crippen molar-refractivity contribution in [3.63, 3.8) is 0 Å². The molecule has 0 saturated heterocycles. The number of rotatable bonds is 0. The first-order valence-electron chi connectivity index (χ1n) is 9.28. The summed E-state index contributed by atoms with van der Waals surface area (Å²) in [5, 5.41) is 8.30. The second kappa shape index (κ2) is 5.65. The van der Waals surface area contributed by atoms with Crippen LogP contribution in [-0.4, -0.2) is 18.6 Å². The van der Waals surface area contributed by atoms with E-state index < -0.39 is 0 Å². The lowest BCUT2D eigenvalue weighted by atomic mass is 9.85. The fourth-order valence-electron chi connectivity index (χ4n) is 4.96. The summed E-state index contributed by atoms with van der Waals surface area (Å²) in [6.07, 6.45) is 0. The molecule has 0 N–H and O–H groups in total. The highest BCUT2D eigenvalue weighted by molar-refractivity contribution is 8.34. The second-order valence-electron chi connectivity index (χ2n) is 7.50. The minimum Gasteiger partial charge on any atom is -0.281 e. The van der Waals surface area contributed by atoms with Crippen molar-refractivity contribution in [3.8, 4) is 0 Å². The van der Waals surface area contributed by atoms with E-state index in [-0.39, 0.29) is 10.2 Å². The average molecular weight is 457 g/mol. The molecule has 7 rings (SSSR count). The number of carbonyl (C=O) groups is 2. The average Bonchev–Trinajstić information content (AvgIpc) is 2.74. The Morgan fingerprint density at radius 3 is 1.17 bits per heavy atom. The van der Waals surface area contributed by atoms with Gasteiger partial charge in [-0.2, -0.15) is 0 Å². The number of benzene rings is 5. The number of hydrogen-bond acceptors (Lipinski definition) is 6. The maximum absolute atomic E-state index is 12.7. The molecule has 0 saturated carbocycles. The third-order valence-corrected chi connectivity index (χ3v) is 8.71. The largest absolute Gasteiger partial charge is 0.281 e. The Morgan fingerprint density at radius 2 is 0.800 bits per heavy atom. The molecule has 0 amide bonds. The van der Waals surface area contributed by atoms with E-state index in [9.17, 15) is 9.59 Å². The Kier molecular flexibility index (Phi) is 3.26. The molecular formula is C24H8O2S4. The minimum atomic E-state index is 0.000198. The Labute approximate surface area is 189 Å². The summed E-state index contributed by atoms with van der Waals surface area (Å²) in [4.78, 5) is 25.4. The van der Waals surface area contributed by atoms with E-state index in [4.69, 9.17) is 24.4 Å². The number of thioether (sulfide) groups is 2. The zero-order valence-electron chi connectivity index (χ0n) is 15.1. The molecule has 6 heteroatoms. The van der Waals surface area contributed by atoms with Crippen LogP contribution in [0.25, 0.3) is 43.1 Å². The summed E-state index contributed by atoms with van der Waals surface area (Å²) < 4.78 is 1.25. The molecule has 0 fully saturated rings. The van der Waals surface area contributed by atoms with Crippen molar-refractivity contribution in [2.24, 2.45) is 0 Å². The molecule has 0 spiro atoms. The van der Waals surface area contributed by atoms with Gasteiger partial charge in [-0.1, -0.05) is 60.8 Å². The highest BCUT2D eigenvalue weighted by Crippen LogP contribution is 2.47. The molecule has 0 aliphatic carbocycles. The van der Waals surface area contributed by atoms with Crippen molar-refractivity contribution in [2.75, 3.05) is 0 Å². The van der Waals surface area contributed by atoms with E-state index >= 15 is 0 Å². The first-order chi connectivity index (χ1) is 14.5. The van der Waals surface area contributed by atoms with Crippen LogP contribution in [0.5, 0.6) is 0 Å². The van der Waals surface area contributed by atoms with Crippen LogP contribution in [-0.2, 0) is 0 Å². The zero-order chi connectivity index (χ0) is 20.3. The summed E-state index contributed by atoms with van der Waals surface area (Å²) in [5.41, 5.74) is 3.33. The SMILES string of the molecule is O=C1SC(=S)c2ccc3c4ccc5c6c(ccc(c7ccc1c2c73)c64)C(=S)SC5=O. The predicted octanol–water partition coefficient (Wildman–Crippen LogP) is 6.86. The molecule has 2 heterocycles. The van der Waals surface area contributed by atoms with Crippen LogP contribution in [0.1, 0.15) is 31.8 Å². The molecule has 0 bridgehead atoms. The topological polar surface area (TPSA) is 34.1 Å². The molecule has 2 nitrogen and oxygen atoms in total. The quantitative estimate of drug-likeness (QED) is 0.144. The second-order valence-corrected chi connectivity index (χ2v) is 10.8. The van der Waals surface area contributed by atoms with Gasteiger partial charge in [0.15, 0.2) is 0 Å². The standard InChI is InChI=1S/C24H8O2S4/c25-21-13-5-1-9-11-3-7-16-20-14(22(26)30-24(16)28)6-2-10(18(11)20)12-4-8-15(23(27)29-21)19(13)17(9)12/h1-8H. The Bertz CT molecular complexity index is 1470. The first kappa shape index (κ1) is 17.3. The van der Waals surface area contributed by atoms with E-state index in [1.807, 2.05) is 36.4 Å². The van der Waals surface area contributed by atoms with Gasteiger partial charge < -0.3 is 0 Å². The molecular weight excluding hydrogens is 449 g/mol. The van der Waals surface area contributed by atoms with Crippen LogP contribution in [0.3, 0.4) is 0 Å². The molecule has 0 atom stereocenters. The van der Waals surface area contributed by atoms with Gasteiger partial charge in [0.05, 0.1) is 8.39 Å². The number of thiocarbonyl (C=S) groups is 2. The molecule has 5 aromatic carbocycles. The maximum atomic E-state index is 12.7. The van der Waals surface area contributed by atoms with E-state index in [1.54, 1.807) is 0 Å². The highest BCUT2D eigenvalue weighted by Gasteiger charge is 2.29. The van der Waals surface area contributed by atoms with Gasteiger partial charge in [-0.25, -0.2) is 0 Å². The normalized spacial score (nSPS) is 16.0. The summed E-state index contributed by atoms with van der Waals surface area (Å²) in [5.74, 6) is 0. The van der Waals surface area contributed by atoms with E-state index in [2.05, 4.69) is 12.1 Å². The van der Waals surface area contributed by atoms with E-state index in [1.165, 1.54) is 0 Å². The molecule has 30 heavy (non-hydrogen) atoms. The van der Waals surface area contributed by atoms with Crippen molar-refractivity contribution in [3.05, 3.63) is 70.8 Å². The van der Waals surface area contributed by atoms with E-state index in [0.717, 1.165) is 77.7 Å². The van der Waals surface area contributed by atoms with Gasteiger partial charge in [0, 0.05) is 33.0 Å². The monoisotopic (exact) mass is 456 g/mol. The lowest BCUT2D eigenvalue weighted by molar-refractivity contribution is 0.108. The molecule has 2 aliphatic rings. The highest BCUT2D eigenvalue weighted by atomic mass is 32.2. The maximum Gasteiger partial charge on any atom is 0.225 e. The van der Waals surface area contributed by atoms with Crippen molar-refractivity contribution in [1.29, 1.82) is 0 Å². The van der Waals surface area contributed by atoms with Gasteiger partial charge in [-0.15, -0.1) is 0 Å². The number of hydrogen-bond donors (Lipinski definition) is 0. The van der Waals surface area contributed by atoms with Crippen LogP contribution in [0, 0.1) is 0 Å². The summed E-state index contributed by atoms with van der Waals surface area (Å²) >= 11 is 13.3. The fraction of sp³-hybridized carbons (Fsp3) is 0. The number of carbonyl (C=O) groups excluding carboxylic acids is 2. The van der Waals surface area contributed by atoms with Gasteiger partial charge in [0.25, 0.3) is 0 Å². The van der Waals surface area contributed by atoms with Crippen LogP contribution < -0.4 is 0 Å². The molecule has 0 radical (unpaired) electrons. The van der Waals surface area contributed by atoms with Crippen molar-refractivity contribution >= 4 is 110 Å². The van der Waals surface area contributed by atoms with Gasteiger partial charge in [-0.05, 0) is 68.0 Å². The third-order valence-electron chi connectivity index (χ3n) is 6.15. The van der Waals surface area contributed by atoms with Crippen molar-refractivity contribution in [2.45, 2.75) is 0 Å². The molecule has 0 unspecified atom stereocenters. The summed E-state index contributed by atoms with van der Waals surface area (Å²) in [7, 11) is 0. The van der Waals surface area contributed by atoms with Gasteiger partial charge >= 0.3 is 0 Å². The van der Waals surface area contributed by atoms with Crippen LogP contribution in [0.15, 0.2) is 48.5 Å². The Balaban J connectivity index is 1.82. The van der Waals surface area contributed by atoms with E-state index in [0.29, 0.717) is 19.5 Å². The molecule has 0 aromatic heterocycles. The molecule has 5 aromatic rings. The van der Waals surface area contributed by atoms with Crippen LogP contribution in [0.4, 0.5) is 0 Å². The lowest BCUT2D eigenvalue weighted by Crippen LogP contribution is -2.11. The van der Waals surface area contributed by atoms with Gasteiger partial charge in [0.2, 0.25) is 10.2 Å². The molecule has 140 valence electrons.